The van der Waals surface area contributed by atoms with Crippen molar-refractivity contribution < 1.29 is 0 Å². The monoisotopic (exact) mass is 124 g/mol. The van der Waals surface area contributed by atoms with E-state index in [1.165, 1.54) is 0 Å². The first-order chi connectivity index (χ1) is 4.09. The third-order valence-corrected chi connectivity index (χ3v) is 2.19. The second-order valence-electron chi connectivity index (χ2n) is 2.83. The highest BCUT2D eigenvalue weighted by molar-refractivity contribution is 6.10. The Morgan fingerprint density at radius 1 is 1.11 bits per heavy atom. The largest absolute Gasteiger partial charge is 0.309 e. The SMILES string of the molecule is CC(=N)C1(C(C)=N)CC1. The Morgan fingerprint density at radius 2 is 1.44 bits per heavy atom. The maximum Gasteiger partial charge on any atom is 0.0450 e. The summed E-state index contributed by atoms with van der Waals surface area (Å²) in [4.78, 5) is 0. The lowest BCUT2D eigenvalue weighted by molar-refractivity contribution is 0.942. The molecule has 0 aliphatic heterocycles. The first-order valence-corrected chi connectivity index (χ1v) is 3.21. The van der Waals surface area contributed by atoms with Gasteiger partial charge in [0, 0.05) is 16.8 Å². The zero-order valence-corrected chi connectivity index (χ0v) is 5.91. The van der Waals surface area contributed by atoms with Crippen LogP contribution >= 0.6 is 0 Å². The molecule has 1 fully saturated rings. The van der Waals surface area contributed by atoms with E-state index in [0.717, 1.165) is 12.8 Å². The van der Waals surface area contributed by atoms with Crippen LogP contribution in [0.4, 0.5) is 0 Å². The van der Waals surface area contributed by atoms with Crippen molar-refractivity contribution in [3.05, 3.63) is 0 Å². The van der Waals surface area contributed by atoms with E-state index in [2.05, 4.69) is 0 Å². The zero-order chi connectivity index (χ0) is 7.07. The minimum atomic E-state index is -0.0833. The molecule has 0 aromatic heterocycles. The summed E-state index contributed by atoms with van der Waals surface area (Å²) in [6, 6.07) is 0. The van der Waals surface area contributed by atoms with E-state index in [9.17, 15) is 0 Å². The minimum absolute atomic E-state index is 0.0833. The molecule has 2 heteroatoms. The van der Waals surface area contributed by atoms with Crippen LogP contribution in [0.25, 0.3) is 0 Å². The quantitative estimate of drug-likeness (QED) is 0.528. The van der Waals surface area contributed by atoms with E-state index < -0.39 is 0 Å². The first-order valence-electron chi connectivity index (χ1n) is 3.21. The fourth-order valence-electron chi connectivity index (χ4n) is 1.16. The highest BCUT2D eigenvalue weighted by Gasteiger charge is 2.46. The molecule has 1 aliphatic carbocycles. The lowest BCUT2D eigenvalue weighted by Crippen LogP contribution is -2.19. The van der Waals surface area contributed by atoms with Gasteiger partial charge >= 0.3 is 0 Å². The van der Waals surface area contributed by atoms with Crippen LogP contribution in [0.1, 0.15) is 26.7 Å². The molecule has 0 spiro atoms. The molecule has 1 saturated carbocycles. The predicted octanol–water partition coefficient (Wildman–Crippen LogP) is 1.85. The summed E-state index contributed by atoms with van der Waals surface area (Å²) in [6.45, 7) is 3.59. The average molecular weight is 124 g/mol. The van der Waals surface area contributed by atoms with Crippen molar-refractivity contribution in [3.63, 3.8) is 0 Å². The molecule has 0 aromatic rings. The van der Waals surface area contributed by atoms with Gasteiger partial charge in [-0.1, -0.05) is 0 Å². The van der Waals surface area contributed by atoms with Crippen molar-refractivity contribution in [2.75, 3.05) is 0 Å². The van der Waals surface area contributed by atoms with Crippen LogP contribution in [0.2, 0.25) is 0 Å². The Hall–Kier alpha value is -0.660. The maximum atomic E-state index is 7.35. The van der Waals surface area contributed by atoms with Gasteiger partial charge in [-0.2, -0.15) is 0 Å². The molecular weight excluding hydrogens is 112 g/mol. The van der Waals surface area contributed by atoms with Gasteiger partial charge < -0.3 is 10.8 Å². The van der Waals surface area contributed by atoms with E-state index >= 15 is 0 Å². The third-order valence-electron chi connectivity index (χ3n) is 2.19. The molecule has 0 saturated heterocycles. The number of nitrogens with one attached hydrogen (secondary N) is 2. The predicted molar refractivity (Wildman–Crippen MR) is 38.5 cm³/mol. The van der Waals surface area contributed by atoms with Gasteiger partial charge in [0.05, 0.1) is 0 Å². The van der Waals surface area contributed by atoms with Crippen LogP contribution in [0.5, 0.6) is 0 Å². The molecule has 0 aromatic carbocycles. The van der Waals surface area contributed by atoms with Gasteiger partial charge in [-0.15, -0.1) is 0 Å². The zero-order valence-electron chi connectivity index (χ0n) is 5.91. The lowest BCUT2D eigenvalue weighted by atomic mass is 9.96. The molecule has 0 amide bonds. The Morgan fingerprint density at radius 3 is 1.44 bits per heavy atom. The molecule has 0 heterocycles. The Labute approximate surface area is 55.3 Å². The molecule has 1 rings (SSSR count). The number of rotatable bonds is 2. The van der Waals surface area contributed by atoms with Gasteiger partial charge in [-0.25, -0.2) is 0 Å². The summed E-state index contributed by atoms with van der Waals surface area (Å²) < 4.78 is 0. The molecule has 2 nitrogen and oxygen atoms in total. The van der Waals surface area contributed by atoms with Crippen molar-refractivity contribution in [2.24, 2.45) is 5.41 Å². The molecule has 0 atom stereocenters. The summed E-state index contributed by atoms with van der Waals surface area (Å²) in [6.07, 6.45) is 2.05. The van der Waals surface area contributed by atoms with Gasteiger partial charge in [-0.05, 0) is 26.7 Å². The van der Waals surface area contributed by atoms with Crippen molar-refractivity contribution in [2.45, 2.75) is 26.7 Å². The van der Waals surface area contributed by atoms with Crippen molar-refractivity contribution >= 4 is 11.4 Å². The normalized spacial score (nSPS) is 21.1. The van der Waals surface area contributed by atoms with Crippen molar-refractivity contribution in [3.8, 4) is 0 Å². The van der Waals surface area contributed by atoms with E-state index in [0.29, 0.717) is 11.4 Å². The smallest absolute Gasteiger partial charge is 0.0450 e. The molecular formula is C7H12N2. The molecule has 0 unspecified atom stereocenters. The Kier molecular flexibility index (Phi) is 1.19. The summed E-state index contributed by atoms with van der Waals surface area (Å²) >= 11 is 0. The fourth-order valence-corrected chi connectivity index (χ4v) is 1.16. The van der Waals surface area contributed by atoms with E-state index in [1.807, 2.05) is 0 Å². The second kappa shape index (κ2) is 1.66. The van der Waals surface area contributed by atoms with Crippen molar-refractivity contribution in [1.29, 1.82) is 10.8 Å². The summed E-state index contributed by atoms with van der Waals surface area (Å²) in [7, 11) is 0. The second-order valence-corrected chi connectivity index (χ2v) is 2.83. The highest BCUT2D eigenvalue weighted by atomic mass is 14.6. The standard InChI is InChI=1S/C7H12N2/c1-5(8)7(3-4-7)6(2)9/h8-9H,3-4H2,1-2H3. The molecule has 1 aliphatic rings. The first kappa shape index (κ1) is 6.46. The molecule has 2 N–H and O–H groups in total. The van der Waals surface area contributed by atoms with E-state index in [1.54, 1.807) is 13.8 Å². The Balaban J connectivity index is 2.75. The van der Waals surface area contributed by atoms with Gasteiger partial charge in [-0.3, -0.25) is 0 Å². The van der Waals surface area contributed by atoms with Crippen LogP contribution < -0.4 is 0 Å². The van der Waals surface area contributed by atoms with Crippen LogP contribution in [0.3, 0.4) is 0 Å². The fraction of sp³-hybridized carbons (Fsp3) is 0.714. The van der Waals surface area contributed by atoms with Crippen LogP contribution in [-0.4, -0.2) is 11.4 Å². The highest BCUT2D eigenvalue weighted by Crippen LogP contribution is 2.47. The summed E-state index contributed by atoms with van der Waals surface area (Å²) in [5, 5.41) is 14.7. The number of hydrogen-bond donors (Lipinski definition) is 2. The van der Waals surface area contributed by atoms with Gasteiger partial charge in [0.1, 0.15) is 0 Å². The molecule has 50 valence electrons. The minimum Gasteiger partial charge on any atom is -0.309 e. The van der Waals surface area contributed by atoms with Gasteiger partial charge in [0.15, 0.2) is 0 Å². The topological polar surface area (TPSA) is 47.7 Å². The van der Waals surface area contributed by atoms with Gasteiger partial charge in [0.25, 0.3) is 0 Å². The summed E-state index contributed by atoms with van der Waals surface area (Å²) in [5.41, 5.74) is 1.24. The summed E-state index contributed by atoms with van der Waals surface area (Å²) in [5.74, 6) is 0. The molecule has 9 heavy (non-hydrogen) atoms. The number of hydrogen-bond acceptors (Lipinski definition) is 2. The third kappa shape index (κ3) is 0.784. The van der Waals surface area contributed by atoms with Crippen LogP contribution in [0, 0.1) is 16.2 Å². The lowest BCUT2D eigenvalue weighted by Gasteiger charge is -2.09. The maximum absolute atomic E-state index is 7.35. The van der Waals surface area contributed by atoms with Crippen LogP contribution in [0.15, 0.2) is 0 Å². The average Bonchev–Trinajstić information content (AvgIpc) is 2.40. The van der Waals surface area contributed by atoms with E-state index in [-0.39, 0.29) is 5.41 Å². The van der Waals surface area contributed by atoms with E-state index in [4.69, 9.17) is 10.8 Å². The molecule has 0 bridgehead atoms. The Bertz CT molecular complexity index is 150. The molecule has 0 radical (unpaired) electrons. The van der Waals surface area contributed by atoms with Crippen LogP contribution in [-0.2, 0) is 0 Å². The van der Waals surface area contributed by atoms with Crippen molar-refractivity contribution in [1.82, 2.24) is 0 Å². The van der Waals surface area contributed by atoms with Gasteiger partial charge in [0.2, 0.25) is 0 Å².